The lowest BCUT2D eigenvalue weighted by molar-refractivity contribution is -0.139. The molecule has 1 aliphatic heterocycles. The third kappa shape index (κ3) is 6.39. The van der Waals surface area contributed by atoms with Crippen LogP contribution < -0.4 is 24.4 Å². The highest BCUT2D eigenvalue weighted by molar-refractivity contribution is 7.07. The Bertz CT molecular complexity index is 1780. The first kappa shape index (κ1) is 29.1. The minimum Gasteiger partial charge on any atom is -0.491 e. The van der Waals surface area contributed by atoms with Crippen molar-refractivity contribution in [3.05, 3.63) is 126 Å². The Balaban J connectivity index is 1.48. The van der Waals surface area contributed by atoms with Crippen molar-refractivity contribution in [2.75, 3.05) is 6.61 Å². The number of ether oxygens (including phenoxy) is 3. The predicted molar refractivity (Wildman–Crippen MR) is 165 cm³/mol. The van der Waals surface area contributed by atoms with E-state index in [1.165, 1.54) is 16.9 Å². The maximum Gasteiger partial charge on any atom is 0.338 e. The minimum absolute atomic E-state index is 0.0274. The molecular formula is C34H34N2O5S. The number of aromatic nitrogens is 1. The highest BCUT2D eigenvalue weighted by atomic mass is 32.1. The molecule has 1 aromatic heterocycles. The van der Waals surface area contributed by atoms with Gasteiger partial charge < -0.3 is 14.2 Å². The lowest BCUT2D eigenvalue weighted by Gasteiger charge is -2.25. The normalized spacial score (nSPS) is 14.9. The molecule has 0 bridgehead atoms. The van der Waals surface area contributed by atoms with Gasteiger partial charge in [-0.15, -0.1) is 0 Å². The molecule has 3 aromatic carbocycles. The van der Waals surface area contributed by atoms with Gasteiger partial charge in [0.05, 0.1) is 34.6 Å². The number of carbonyl (C=O) groups is 1. The number of esters is 1. The molecule has 1 aliphatic rings. The van der Waals surface area contributed by atoms with E-state index >= 15 is 0 Å². The van der Waals surface area contributed by atoms with E-state index in [2.05, 4.69) is 36.2 Å². The average molecular weight is 583 g/mol. The second-order valence-electron chi connectivity index (χ2n) is 10.4. The topological polar surface area (TPSA) is 79.1 Å². The fraction of sp³-hybridized carbons (Fsp3) is 0.265. The largest absolute Gasteiger partial charge is 0.491 e. The molecule has 2 heterocycles. The van der Waals surface area contributed by atoms with Crippen molar-refractivity contribution in [1.29, 1.82) is 0 Å². The molecule has 0 N–H and O–H groups in total. The monoisotopic (exact) mass is 582 g/mol. The van der Waals surface area contributed by atoms with Crippen LogP contribution in [0.25, 0.3) is 6.08 Å². The number of carbonyl (C=O) groups excluding carboxylic acids is 1. The molecule has 0 fully saturated rings. The van der Waals surface area contributed by atoms with Crippen molar-refractivity contribution in [2.24, 2.45) is 4.99 Å². The Hall–Kier alpha value is -4.43. The first-order chi connectivity index (χ1) is 20.2. The quantitative estimate of drug-likeness (QED) is 0.245. The zero-order valence-electron chi connectivity index (χ0n) is 24.4. The van der Waals surface area contributed by atoms with Crippen LogP contribution in [0.5, 0.6) is 11.5 Å². The smallest absolute Gasteiger partial charge is 0.338 e. The number of benzene rings is 3. The van der Waals surface area contributed by atoms with Gasteiger partial charge in [0.2, 0.25) is 0 Å². The molecule has 0 saturated heterocycles. The van der Waals surface area contributed by atoms with Crippen molar-refractivity contribution in [3.8, 4) is 11.5 Å². The van der Waals surface area contributed by atoms with Crippen molar-refractivity contribution >= 4 is 23.4 Å². The maximum atomic E-state index is 13.9. The first-order valence-corrected chi connectivity index (χ1v) is 14.8. The van der Waals surface area contributed by atoms with Crippen LogP contribution in [0, 0.1) is 6.92 Å². The van der Waals surface area contributed by atoms with Crippen LogP contribution in [-0.2, 0) is 16.1 Å². The number of fused-ring (bicyclic) bond motifs is 1. The third-order valence-corrected chi connectivity index (χ3v) is 7.77. The van der Waals surface area contributed by atoms with Crippen LogP contribution in [0.15, 0.2) is 93.9 Å². The lowest BCUT2D eigenvalue weighted by Crippen LogP contribution is -2.39. The zero-order valence-corrected chi connectivity index (χ0v) is 25.2. The predicted octanol–water partition coefficient (Wildman–Crippen LogP) is 5.47. The molecule has 0 radical (unpaired) electrons. The van der Waals surface area contributed by atoms with E-state index in [0.717, 1.165) is 22.4 Å². The van der Waals surface area contributed by atoms with E-state index in [0.29, 0.717) is 33.0 Å². The van der Waals surface area contributed by atoms with Crippen molar-refractivity contribution in [2.45, 2.75) is 53.4 Å². The molecule has 0 unspecified atom stereocenters. The van der Waals surface area contributed by atoms with Gasteiger partial charge in [0.15, 0.2) is 4.80 Å². The van der Waals surface area contributed by atoms with Gasteiger partial charge in [-0.05, 0) is 81.7 Å². The summed E-state index contributed by atoms with van der Waals surface area (Å²) in [6.45, 7) is 10.2. The second-order valence-corrected chi connectivity index (χ2v) is 11.4. The first-order valence-electron chi connectivity index (χ1n) is 14.0. The van der Waals surface area contributed by atoms with Crippen LogP contribution >= 0.6 is 11.3 Å². The van der Waals surface area contributed by atoms with Crippen LogP contribution in [-0.4, -0.2) is 23.2 Å². The van der Waals surface area contributed by atoms with E-state index in [1.807, 2.05) is 68.5 Å². The summed E-state index contributed by atoms with van der Waals surface area (Å²) < 4.78 is 19.2. The second kappa shape index (κ2) is 12.6. The van der Waals surface area contributed by atoms with Gasteiger partial charge in [0, 0.05) is 0 Å². The molecule has 0 saturated carbocycles. The number of aryl methyl sites for hydroxylation is 1. The zero-order chi connectivity index (χ0) is 29.8. The average Bonchev–Trinajstić information content (AvgIpc) is 3.27. The van der Waals surface area contributed by atoms with E-state index in [1.54, 1.807) is 18.4 Å². The Kier molecular flexibility index (Phi) is 8.73. The number of rotatable bonds is 9. The van der Waals surface area contributed by atoms with Crippen molar-refractivity contribution in [3.63, 3.8) is 0 Å². The fourth-order valence-electron chi connectivity index (χ4n) is 4.77. The SMILES string of the molecule is CCOC(=O)C1=C(C)N=c2s/c(=C\c3ccc(OCc4ccc(C)cc4)cc3)c(=O)n2[C@H]1c1ccc(OC(C)C)cc1. The number of hydrogen-bond donors (Lipinski definition) is 0. The summed E-state index contributed by atoms with van der Waals surface area (Å²) in [6, 6.07) is 22.7. The number of thiazole rings is 1. The van der Waals surface area contributed by atoms with E-state index in [9.17, 15) is 9.59 Å². The van der Waals surface area contributed by atoms with Gasteiger partial charge in [0.25, 0.3) is 5.56 Å². The molecule has 0 amide bonds. The fourth-order valence-corrected chi connectivity index (χ4v) is 5.82. The van der Waals surface area contributed by atoms with Gasteiger partial charge >= 0.3 is 5.97 Å². The van der Waals surface area contributed by atoms with Crippen LogP contribution in [0.2, 0.25) is 0 Å². The molecule has 0 spiro atoms. The standard InChI is InChI=1S/C34H34N2O5S/c1-6-39-33(38)30-23(5)35-34-36(31(30)26-13-17-28(18-14-26)41-21(2)3)32(37)29(42-34)19-24-11-15-27(16-12-24)40-20-25-9-7-22(4)8-10-25/h7-19,21,31H,6,20H2,1-5H3/b29-19-/t31-/m0/s1. The Labute approximate surface area is 249 Å². The summed E-state index contributed by atoms with van der Waals surface area (Å²) in [4.78, 5) is 32.2. The van der Waals surface area contributed by atoms with E-state index in [-0.39, 0.29) is 18.3 Å². The molecule has 4 aromatic rings. The Morgan fingerprint density at radius 3 is 2.29 bits per heavy atom. The Morgan fingerprint density at radius 2 is 1.64 bits per heavy atom. The van der Waals surface area contributed by atoms with Crippen molar-refractivity contribution in [1.82, 2.24) is 4.57 Å². The number of allylic oxidation sites excluding steroid dienone is 1. The molecule has 0 aliphatic carbocycles. The summed E-state index contributed by atoms with van der Waals surface area (Å²) in [5, 5.41) is 0. The Morgan fingerprint density at radius 1 is 0.976 bits per heavy atom. The summed E-state index contributed by atoms with van der Waals surface area (Å²) in [6.07, 6.45) is 1.87. The van der Waals surface area contributed by atoms with Gasteiger partial charge in [-0.3, -0.25) is 9.36 Å². The van der Waals surface area contributed by atoms with Crippen LogP contribution in [0.4, 0.5) is 0 Å². The molecule has 1 atom stereocenters. The summed E-state index contributed by atoms with van der Waals surface area (Å²) in [5.41, 5.74) is 4.59. The molecule has 5 rings (SSSR count). The number of hydrogen-bond acceptors (Lipinski definition) is 7. The molecular weight excluding hydrogens is 548 g/mol. The molecule has 216 valence electrons. The highest BCUT2D eigenvalue weighted by Gasteiger charge is 2.33. The lowest BCUT2D eigenvalue weighted by atomic mass is 9.96. The van der Waals surface area contributed by atoms with E-state index < -0.39 is 12.0 Å². The summed E-state index contributed by atoms with van der Waals surface area (Å²) in [5.74, 6) is 0.974. The van der Waals surface area contributed by atoms with Gasteiger partial charge in [-0.1, -0.05) is 65.4 Å². The third-order valence-electron chi connectivity index (χ3n) is 6.79. The van der Waals surface area contributed by atoms with Crippen molar-refractivity contribution < 1.29 is 19.0 Å². The molecule has 7 nitrogen and oxygen atoms in total. The summed E-state index contributed by atoms with van der Waals surface area (Å²) in [7, 11) is 0. The van der Waals surface area contributed by atoms with Gasteiger partial charge in [-0.2, -0.15) is 0 Å². The molecule has 42 heavy (non-hydrogen) atoms. The van der Waals surface area contributed by atoms with E-state index in [4.69, 9.17) is 14.2 Å². The molecule has 8 heteroatoms. The van der Waals surface area contributed by atoms with Crippen LogP contribution in [0.3, 0.4) is 0 Å². The van der Waals surface area contributed by atoms with Gasteiger partial charge in [0.1, 0.15) is 18.1 Å². The minimum atomic E-state index is -0.673. The van der Waals surface area contributed by atoms with Gasteiger partial charge in [-0.25, -0.2) is 9.79 Å². The highest BCUT2D eigenvalue weighted by Crippen LogP contribution is 2.31. The van der Waals surface area contributed by atoms with Crippen LogP contribution in [0.1, 0.15) is 56.0 Å². The number of nitrogens with zero attached hydrogens (tertiary/aromatic N) is 2. The maximum absolute atomic E-state index is 13.9. The summed E-state index contributed by atoms with van der Waals surface area (Å²) >= 11 is 1.30.